The highest BCUT2D eigenvalue weighted by Gasteiger charge is 2.13. The van der Waals surface area contributed by atoms with Crippen molar-refractivity contribution in [3.05, 3.63) is 65.0 Å². The normalized spacial score (nSPS) is 10.8. The van der Waals surface area contributed by atoms with E-state index in [0.29, 0.717) is 22.1 Å². The lowest BCUT2D eigenvalue weighted by molar-refractivity contribution is 0.102. The number of ether oxygens (including phenoxy) is 1. The standard InChI is InChI=1S/C19H16F2N2O2S/c1-11(2)25-14-6-3-12(4-7-14)18(24)23-19-22-17(10-26-19)15-8-5-13(20)9-16(15)21/h3-11H,1-2H3,(H,22,23,24). The van der Waals surface area contributed by atoms with Crippen molar-refractivity contribution in [2.24, 2.45) is 0 Å². The van der Waals surface area contributed by atoms with E-state index in [9.17, 15) is 13.6 Å². The van der Waals surface area contributed by atoms with Crippen LogP contribution in [0.4, 0.5) is 13.9 Å². The van der Waals surface area contributed by atoms with E-state index in [0.717, 1.165) is 23.5 Å². The van der Waals surface area contributed by atoms with Gasteiger partial charge < -0.3 is 4.74 Å². The summed E-state index contributed by atoms with van der Waals surface area (Å²) in [4.78, 5) is 16.5. The smallest absolute Gasteiger partial charge is 0.257 e. The van der Waals surface area contributed by atoms with E-state index in [-0.39, 0.29) is 17.6 Å². The Morgan fingerprint density at radius 2 is 1.88 bits per heavy atom. The van der Waals surface area contributed by atoms with Crippen molar-refractivity contribution in [1.29, 1.82) is 0 Å². The molecule has 0 aliphatic rings. The lowest BCUT2D eigenvalue weighted by Gasteiger charge is -2.09. The monoisotopic (exact) mass is 374 g/mol. The van der Waals surface area contributed by atoms with Crippen LogP contribution in [0.1, 0.15) is 24.2 Å². The summed E-state index contributed by atoms with van der Waals surface area (Å²) < 4.78 is 32.4. The fourth-order valence-corrected chi connectivity index (χ4v) is 2.98. The Hall–Kier alpha value is -2.80. The molecule has 26 heavy (non-hydrogen) atoms. The number of nitrogens with one attached hydrogen (secondary N) is 1. The summed E-state index contributed by atoms with van der Waals surface area (Å²) >= 11 is 1.16. The zero-order chi connectivity index (χ0) is 18.7. The van der Waals surface area contributed by atoms with Gasteiger partial charge in [0.1, 0.15) is 17.4 Å². The van der Waals surface area contributed by atoms with E-state index >= 15 is 0 Å². The number of aromatic nitrogens is 1. The van der Waals surface area contributed by atoms with Crippen molar-refractivity contribution in [1.82, 2.24) is 4.98 Å². The molecule has 4 nitrogen and oxygen atoms in total. The van der Waals surface area contributed by atoms with Gasteiger partial charge in [0.15, 0.2) is 5.13 Å². The largest absolute Gasteiger partial charge is 0.491 e. The molecule has 1 aromatic heterocycles. The van der Waals surface area contributed by atoms with Crippen LogP contribution < -0.4 is 10.1 Å². The third kappa shape index (κ3) is 4.23. The molecule has 0 atom stereocenters. The summed E-state index contributed by atoms with van der Waals surface area (Å²) in [6.45, 7) is 3.84. The fraction of sp³-hybridized carbons (Fsp3) is 0.158. The van der Waals surface area contributed by atoms with Gasteiger partial charge >= 0.3 is 0 Å². The van der Waals surface area contributed by atoms with E-state index < -0.39 is 11.6 Å². The summed E-state index contributed by atoms with van der Waals surface area (Å²) in [5, 5.41) is 4.60. The van der Waals surface area contributed by atoms with Crippen molar-refractivity contribution in [3.8, 4) is 17.0 Å². The van der Waals surface area contributed by atoms with Gasteiger partial charge in [-0.15, -0.1) is 11.3 Å². The van der Waals surface area contributed by atoms with Crippen molar-refractivity contribution < 1.29 is 18.3 Å². The first-order chi connectivity index (χ1) is 12.4. The second kappa shape index (κ2) is 7.61. The van der Waals surface area contributed by atoms with Crippen LogP contribution in [0.3, 0.4) is 0 Å². The quantitative estimate of drug-likeness (QED) is 0.674. The lowest BCUT2D eigenvalue weighted by atomic mass is 10.1. The summed E-state index contributed by atoms with van der Waals surface area (Å²) in [7, 11) is 0. The van der Waals surface area contributed by atoms with Gasteiger partial charge in [0, 0.05) is 22.6 Å². The molecule has 7 heteroatoms. The molecule has 0 bridgehead atoms. The van der Waals surface area contributed by atoms with Crippen LogP contribution in [0.5, 0.6) is 5.75 Å². The Morgan fingerprint density at radius 1 is 1.15 bits per heavy atom. The number of carbonyl (C=O) groups is 1. The average Bonchev–Trinajstić information content (AvgIpc) is 3.03. The predicted octanol–water partition coefficient (Wildman–Crippen LogP) is 5.13. The summed E-state index contributed by atoms with van der Waals surface area (Å²) in [5.41, 5.74) is 0.965. The molecule has 0 spiro atoms. The van der Waals surface area contributed by atoms with Crippen LogP contribution in [-0.2, 0) is 0 Å². The topological polar surface area (TPSA) is 51.2 Å². The molecule has 1 heterocycles. The fourth-order valence-electron chi connectivity index (χ4n) is 2.28. The maximum atomic E-state index is 13.8. The lowest BCUT2D eigenvalue weighted by Crippen LogP contribution is -2.12. The number of amides is 1. The van der Waals surface area contributed by atoms with Crippen LogP contribution in [0.15, 0.2) is 47.8 Å². The summed E-state index contributed by atoms with van der Waals surface area (Å²) in [6.07, 6.45) is 0.0512. The van der Waals surface area contributed by atoms with Gasteiger partial charge in [-0.05, 0) is 50.2 Å². The third-order valence-electron chi connectivity index (χ3n) is 3.42. The van der Waals surface area contributed by atoms with E-state index in [2.05, 4.69) is 10.3 Å². The molecule has 3 aromatic rings. The first kappa shape index (κ1) is 18.0. The van der Waals surface area contributed by atoms with Crippen molar-refractivity contribution in [2.75, 3.05) is 5.32 Å². The number of rotatable bonds is 5. The van der Waals surface area contributed by atoms with Crippen LogP contribution >= 0.6 is 11.3 Å². The van der Waals surface area contributed by atoms with Crippen LogP contribution in [0.25, 0.3) is 11.3 Å². The molecule has 0 aliphatic heterocycles. The molecule has 0 unspecified atom stereocenters. The molecule has 0 saturated carbocycles. The Bertz CT molecular complexity index is 924. The van der Waals surface area contributed by atoms with Gasteiger partial charge in [-0.25, -0.2) is 13.8 Å². The molecule has 0 aliphatic carbocycles. The van der Waals surface area contributed by atoms with Gasteiger partial charge in [0.25, 0.3) is 5.91 Å². The zero-order valence-corrected chi connectivity index (χ0v) is 14.9. The van der Waals surface area contributed by atoms with Crippen LogP contribution in [-0.4, -0.2) is 17.0 Å². The second-order valence-corrected chi connectivity index (χ2v) is 6.67. The molecule has 0 saturated heterocycles. The minimum absolute atomic E-state index is 0.0512. The van der Waals surface area contributed by atoms with Crippen molar-refractivity contribution in [2.45, 2.75) is 20.0 Å². The molecule has 0 radical (unpaired) electrons. The van der Waals surface area contributed by atoms with E-state index in [4.69, 9.17) is 4.74 Å². The SMILES string of the molecule is CC(C)Oc1ccc(C(=O)Nc2nc(-c3ccc(F)cc3F)cs2)cc1. The number of thiazole rings is 1. The van der Waals surface area contributed by atoms with Gasteiger partial charge in [-0.3, -0.25) is 10.1 Å². The van der Waals surface area contributed by atoms with E-state index in [1.807, 2.05) is 13.8 Å². The Morgan fingerprint density at radius 3 is 2.54 bits per heavy atom. The molecular weight excluding hydrogens is 358 g/mol. The number of benzene rings is 2. The minimum Gasteiger partial charge on any atom is -0.491 e. The first-order valence-corrected chi connectivity index (χ1v) is 8.79. The first-order valence-electron chi connectivity index (χ1n) is 7.91. The highest BCUT2D eigenvalue weighted by atomic mass is 32.1. The number of hydrogen-bond acceptors (Lipinski definition) is 4. The Labute approximate surface area is 153 Å². The molecule has 134 valence electrons. The summed E-state index contributed by atoms with van der Waals surface area (Å²) in [5.74, 6) is -1.00. The molecule has 1 amide bonds. The maximum Gasteiger partial charge on any atom is 0.257 e. The third-order valence-corrected chi connectivity index (χ3v) is 4.18. The number of anilines is 1. The highest BCUT2D eigenvalue weighted by Crippen LogP contribution is 2.27. The van der Waals surface area contributed by atoms with Crippen LogP contribution in [0.2, 0.25) is 0 Å². The highest BCUT2D eigenvalue weighted by molar-refractivity contribution is 7.14. The van der Waals surface area contributed by atoms with E-state index in [1.54, 1.807) is 29.6 Å². The molecule has 0 fully saturated rings. The zero-order valence-electron chi connectivity index (χ0n) is 14.1. The van der Waals surface area contributed by atoms with Gasteiger partial charge in [-0.2, -0.15) is 0 Å². The Balaban J connectivity index is 1.71. The van der Waals surface area contributed by atoms with Crippen molar-refractivity contribution >= 4 is 22.4 Å². The molecule has 3 rings (SSSR count). The number of carbonyl (C=O) groups excluding carboxylic acids is 1. The summed E-state index contributed by atoms with van der Waals surface area (Å²) in [6, 6.07) is 10.0. The molecule has 1 N–H and O–H groups in total. The minimum atomic E-state index is -0.700. The number of nitrogens with zero attached hydrogens (tertiary/aromatic N) is 1. The van der Waals surface area contributed by atoms with Crippen molar-refractivity contribution in [3.63, 3.8) is 0 Å². The second-order valence-electron chi connectivity index (χ2n) is 5.81. The number of halogens is 2. The number of hydrogen-bond donors (Lipinski definition) is 1. The van der Waals surface area contributed by atoms with Crippen LogP contribution in [0, 0.1) is 11.6 Å². The van der Waals surface area contributed by atoms with Gasteiger partial charge in [0.2, 0.25) is 0 Å². The van der Waals surface area contributed by atoms with E-state index in [1.165, 1.54) is 6.07 Å². The Kier molecular flexibility index (Phi) is 5.27. The average molecular weight is 374 g/mol. The van der Waals surface area contributed by atoms with Gasteiger partial charge in [-0.1, -0.05) is 0 Å². The molecule has 2 aromatic carbocycles. The maximum absolute atomic E-state index is 13.8. The van der Waals surface area contributed by atoms with Gasteiger partial charge in [0.05, 0.1) is 11.8 Å². The molecular formula is C19H16F2N2O2S. The predicted molar refractivity (Wildman–Crippen MR) is 97.6 cm³/mol.